The van der Waals surface area contributed by atoms with Crippen LogP contribution in [-0.2, 0) is 0 Å². The van der Waals surface area contributed by atoms with E-state index in [1.54, 1.807) is 43.2 Å². The fourth-order valence-electron chi connectivity index (χ4n) is 4.17. The Bertz CT molecular complexity index is 1420. The summed E-state index contributed by atoms with van der Waals surface area (Å²) in [6.07, 6.45) is 3.92. The molecule has 1 aliphatic rings. The van der Waals surface area contributed by atoms with Crippen molar-refractivity contribution in [2.24, 2.45) is 0 Å². The summed E-state index contributed by atoms with van der Waals surface area (Å²) in [6.45, 7) is 2.81. The molecule has 11 heteroatoms. The fourth-order valence-corrected chi connectivity index (χ4v) is 4.34. The van der Waals surface area contributed by atoms with Gasteiger partial charge in [-0.1, -0.05) is 22.8 Å². The number of hydrogen-bond donors (Lipinski definition) is 1. The van der Waals surface area contributed by atoms with Gasteiger partial charge in [0.1, 0.15) is 30.1 Å². The maximum absolute atomic E-state index is 14.5. The maximum atomic E-state index is 14.5. The molecule has 2 aromatic heterocycles. The zero-order valence-electron chi connectivity index (χ0n) is 19.6. The van der Waals surface area contributed by atoms with Crippen LogP contribution < -0.4 is 14.8 Å². The summed E-state index contributed by atoms with van der Waals surface area (Å²) in [5.41, 5.74) is 1.84. The Morgan fingerprint density at radius 3 is 2.75 bits per heavy atom. The van der Waals surface area contributed by atoms with E-state index in [0.717, 1.165) is 0 Å². The third-order valence-electron chi connectivity index (χ3n) is 6.13. The molecule has 0 atom stereocenters. The number of amides is 1. The van der Waals surface area contributed by atoms with E-state index in [-0.39, 0.29) is 22.7 Å². The fraction of sp³-hybridized carbons (Fsp3) is 0.280. The monoisotopic (exact) mass is 511 g/mol. The number of rotatable bonds is 6. The smallest absolute Gasteiger partial charge is 0.259 e. The number of aryl methyl sites for hydroxylation is 1. The number of ether oxygens (including phenoxy) is 2. The highest BCUT2D eigenvalue weighted by Gasteiger charge is 2.27. The standard InChI is InChI=1S/C25H23ClFN5O4/c1-14-17(12-35-31-14)25(33)32-8-6-15(7-9-32)36-22-10-16-20(11-21(22)34-2)28-13-29-24(16)30-19-5-3-4-18(26)23(19)27/h3-5,10-13,15H,6-9H2,1-2H3,(H,28,29,30). The second-order valence-corrected chi connectivity index (χ2v) is 8.80. The maximum Gasteiger partial charge on any atom is 0.259 e. The van der Waals surface area contributed by atoms with E-state index in [4.69, 9.17) is 25.6 Å². The van der Waals surface area contributed by atoms with Crippen molar-refractivity contribution in [3.8, 4) is 11.5 Å². The third-order valence-corrected chi connectivity index (χ3v) is 6.42. The average molecular weight is 512 g/mol. The molecule has 0 spiro atoms. The number of carbonyl (C=O) groups excluding carboxylic acids is 1. The number of fused-ring (bicyclic) bond motifs is 1. The lowest BCUT2D eigenvalue weighted by molar-refractivity contribution is 0.0589. The van der Waals surface area contributed by atoms with Crippen molar-refractivity contribution in [2.75, 3.05) is 25.5 Å². The van der Waals surface area contributed by atoms with Gasteiger partial charge in [0.05, 0.1) is 29.0 Å². The molecule has 3 heterocycles. The number of nitrogens with one attached hydrogen (secondary N) is 1. The minimum atomic E-state index is -0.571. The number of halogens is 2. The van der Waals surface area contributed by atoms with Gasteiger partial charge in [-0.2, -0.15) is 0 Å². The summed E-state index contributed by atoms with van der Waals surface area (Å²) < 4.78 is 31.2. The van der Waals surface area contributed by atoms with E-state index in [0.29, 0.717) is 65.4 Å². The molecule has 1 fully saturated rings. The quantitative estimate of drug-likeness (QED) is 0.379. The summed E-state index contributed by atoms with van der Waals surface area (Å²) in [6, 6.07) is 8.22. The molecular formula is C25H23ClFN5O4. The molecule has 1 amide bonds. The number of nitrogens with zero attached hydrogens (tertiary/aromatic N) is 4. The van der Waals surface area contributed by atoms with Crippen molar-refractivity contribution in [2.45, 2.75) is 25.9 Å². The Morgan fingerprint density at radius 1 is 1.22 bits per heavy atom. The molecule has 0 aliphatic carbocycles. The number of likely N-dealkylation sites (tertiary alicyclic amines) is 1. The molecule has 9 nitrogen and oxygen atoms in total. The van der Waals surface area contributed by atoms with E-state index < -0.39 is 5.82 Å². The van der Waals surface area contributed by atoms with E-state index >= 15 is 0 Å². The highest BCUT2D eigenvalue weighted by molar-refractivity contribution is 6.31. The molecule has 5 rings (SSSR count). The van der Waals surface area contributed by atoms with Crippen molar-refractivity contribution in [3.63, 3.8) is 0 Å². The van der Waals surface area contributed by atoms with Gasteiger partial charge < -0.3 is 24.2 Å². The summed E-state index contributed by atoms with van der Waals surface area (Å²) in [5.74, 6) is 0.752. The van der Waals surface area contributed by atoms with Gasteiger partial charge in [-0.25, -0.2) is 14.4 Å². The van der Waals surface area contributed by atoms with Crippen molar-refractivity contribution in [3.05, 3.63) is 65.0 Å². The van der Waals surface area contributed by atoms with Crippen molar-refractivity contribution < 1.29 is 23.2 Å². The predicted molar refractivity (Wildman–Crippen MR) is 132 cm³/mol. The van der Waals surface area contributed by atoms with Crippen LogP contribution in [0.25, 0.3) is 10.9 Å². The van der Waals surface area contributed by atoms with E-state index in [1.807, 2.05) is 0 Å². The van der Waals surface area contributed by atoms with Gasteiger partial charge in [-0.3, -0.25) is 4.79 Å². The lowest BCUT2D eigenvalue weighted by atomic mass is 10.1. The SMILES string of the molecule is COc1cc2ncnc(Nc3cccc(Cl)c3F)c2cc1OC1CCN(C(=O)c2conc2C)CC1. The van der Waals surface area contributed by atoms with Crippen LogP contribution in [0.2, 0.25) is 5.02 Å². The van der Waals surface area contributed by atoms with Crippen LogP contribution in [-0.4, -0.2) is 52.2 Å². The van der Waals surface area contributed by atoms with Crippen LogP contribution in [0.15, 0.2) is 47.4 Å². The van der Waals surface area contributed by atoms with Gasteiger partial charge in [0.2, 0.25) is 0 Å². The molecule has 1 N–H and O–H groups in total. The number of benzene rings is 2. The van der Waals surface area contributed by atoms with Crippen LogP contribution in [0, 0.1) is 12.7 Å². The number of anilines is 2. The molecule has 2 aromatic carbocycles. The second kappa shape index (κ2) is 9.98. The van der Waals surface area contributed by atoms with Crippen LogP contribution in [0.5, 0.6) is 11.5 Å². The zero-order valence-corrected chi connectivity index (χ0v) is 20.4. The summed E-state index contributed by atoms with van der Waals surface area (Å²) in [5, 5.41) is 7.42. The van der Waals surface area contributed by atoms with Gasteiger partial charge in [0, 0.05) is 37.4 Å². The number of methoxy groups -OCH3 is 1. The van der Waals surface area contributed by atoms with Gasteiger partial charge in [-0.05, 0) is 25.1 Å². The number of hydrogen-bond acceptors (Lipinski definition) is 8. The van der Waals surface area contributed by atoms with Gasteiger partial charge in [-0.15, -0.1) is 0 Å². The molecule has 0 bridgehead atoms. The molecule has 1 aliphatic heterocycles. The minimum absolute atomic E-state index is 0.00747. The van der Waals surface area contributed by atoms with Crippen LogP contribution in [0.4, 0.5) is 15.9 Å². The van der Waals surface area contributed by atoms with Gasteiger partial charge >= 0.3 is 0 Å². The molecule has 0 saturated carbocycles. The summed E-state index contributed by atoms with van der Waals surface area (Å²) >= 11 is 5.92. The van der Waals surface area contributed by atoms with Crippen LogP contribution in [0.3, 0.4) is 0 Å². The van der Waals surface area contributed by atoms with E-state index in [2.05, 4.69) is 20.4 Å². The van der Waals surface area contributed by atoms with Crippen LogP contribution in [0.1, 0.15) is 28.9 Å². The number of piperidine rings is 1. The topological polar surface area (TPSA) is 103 Å². The molecule has 0 radical (unpaired) electrons. The summed E-state index contributed by atoms with van der Waals surface area (Å²) in [4.78, 5) is 23.1. The molecule has 36 heavy (non-hydrogen) atoms. The lowest BCUT2D eigenvalue weighted by Crippen LogP contribution is -2.41. The Hall–Kier alpha value is -3.92. The molecule has 1 saturated heterocycles. The Labute approximate surface area is 211 Å². The van der Waals surface area contributed by atoms with E-state index in [1.165, 1.54) is 18.7 Å². The molecule has 4 aromatic rings. The first-order valence-electron chi connectivity index (χ1n) is 11.3. The van der Waals surface area contributed by atoms with Crippen LogP contribution >= 0.6 is 11.6 Å². The minimum Gasteiger partial charge on any atom is -0.493 e. The Kier molecular flexibility index (Phi) is 6.60. The Morgan fingerprint density at radius 2 is 2.03 bits per heavy atom. The van der Waals surface area contributed by atoms with Gasteiger partial charge in [0.25, 0.3) is 5.91 Å². The van der Waals surface area contributed by atoms with Crippen molar-refractivity contribution >= 4 is 39.9 Å². The first-order chi connectivity index (χ1) is 17.4. The first-order valence-corrected chi connectivity index (χ1v) is 11.7. The largest absolute Gasteiger partial charge is 0.493 e. The number of aromatic nitrogens is 3. The lowest BCUT2D eigenvalue weighted by Gasteiger charge is -2.32. The normalized spacial score (nSPS) is 14.2. The zero-order chi connectivity index (χ0) is 25.2. The first kappa shape index (κ1) is 23.8. The highest BCUT2D eigenvalue weighted by atomic mass is 35.5. The molecule has 186 valence electrons. The van der Waals surface area contributed by atoms with E-state index in [9.17, 15) is 9.18 Å². The average Bonchev–Trinajstić information content (AvgIpc) is 3.32. The third kappa shape index (κ3) is 4.64. The summed E-state index contributed by atoms with van der Waals surface area (Å²) in [7, 11) is 1.55. The number of carbonyl (C=O) groups is 1. The Balaban J connectivity index is 1.36. The highest BCUT2D eigenvalue weighted by Crippen LogP contribution is 2.37. The second-order valence-electron chi connectivity index (χ2n) is 8.39. The predicted octanol–water partition coefficient (Wildman–Crippen LogP) is 5.15. The molecular weight excluding hydrogens is 489 g/mol. The van der Waals surface area contributed by atoms with Crippen molar-refractivity contribution in [1.29, 1.82) is 0 Å². The van der Waals surface area contributed by atoms with Gasteiger partial charge in [0.15, 0.2) is 17.3 Å². The molecule has 0 unspecified atom stereocenters. The van der Waals surface area contributed by atoms with Crippen molar-refractivity contribution in [1.82, 2.24) is 20.0 Å².